The van der Waals surface area contributed by atoms with Gasteiger partial charge in [-0.2, -0.15) is 0 Å². The van der Waals surface area contributed by atoms with Crippen molar-refractivity contribution in [3.05, 3.63) is 41.6 Å². The second-order valence-corrected chi connectivity index (χ2v) is 5.59. The zero-order valence-corrected chi connectivity index (χ0v) is 13.3. The minimum absolute atomic E-state index is 0.458. The maximum atomic E-state index is 6.08. The first-order valence-corrected chi connectivity index (χ1v) is 7.51. The van der Waals surface area contributed by atoms with Gasteiger partial charge in [0.1, 0.15) is 11.0 Å². The van der Waals surface area contributed by atoms with Gasteiger partial charge in [-0.1, -0.05) is 41.9 Å². The van der Waals surface area contributed by atoms with Crippen LogP contribution in [0.15, 0.2) is 36.4 Å². The van der Waals surface area contributed by atoms with E-state index >= 15 is 0 Å². The fourth-order valence-electron chi connectivity index (χ4n) is 1.99. The van der Waals surface area contributed by atoms with Crippen molar-refractivity contribution in [3.63, 3.8) is 0 Å². The van der Waals surface area contributed by atoms with E-state index in [0.717, 1.165) is 37.3 Å². The standard InChI is InChI=1S/C16H21ClN4/c1-21(2)11-7-6-10-18-15-12-14(17)19-16(20-15)13-8-4-3-5-9-13/h3-5,8-9,12H,6-7,10-11H2,1-2H3,(H,18,19,20). The molecular formula is C16H21ClN4. The summed E-state index contributed by atoms with van der Waals surface area (Å²) in [6.45, 7) is 1.98. The molecule has 21 heavy (non-hydrogen) atoms. The summed E-state index contributed by atoms with van der Waals surface area (Å²) in [5, 5.41) is 3.77. The summed E-state index contributed by atoms with van der Waals surface area (Å²) in [5.74, 6) is 1.43. The molecule has 0 unspecified atom stereocenters. The molecule has 0 aliphatic heterocycles. The second-order valence-electron chi connectivity index (χ2n) is 5.20. The summed E-state index contributed by atoms with van der Waals surface area (Å²) < 4.78 is 0. The number of hydrogen-bond donors (Lipinski definition) is 1. The van der Waals surface area contributed by atoms with Gasteiger partial charge in [0, 0.05) is 18.2 Å². The van der Waals surface area contributed by atoms with Crippen molar-refractivity contribution in [1.82, 2.24) is 14.9 Å². The molecule has 0 bridgehead atoms. The van der Waals surface area contributed by atoms with Crippen LogP contribution < -0.4 is 5.32 Å². The molecule has 0 spiro atoms. The molecule has 2 aromatic rings. The Kier molecular flexibility index (Phi) is 5.96. The van der Waals surface area contributed by atoms with Crippen LogP contribution in [0.2, 0.25) is 5.15 Å². The van der Waals surface area contributed by atoms with Crippen LogP contribution in [-0.4, -0.2) is 42.1 Å². The first-order chi connectivity index (χ1) is 10.1. The highest BCUT2D eigenvalue weighted by atomic mass is 35.5. The molecule has 0 saturated heterocycles. The van der Waals surface area contributed by atoms with Crippen molar-refractivity contribution in [2.24, 2.45) is 0 Å². The Morgan fingerprint density at radius 3 is 2.57 bits per heavy atom. The first kappa shape index (κ1) is 15.7. The zero-order valence-electron chi connectivity index (χ0n) is 12.5. The van der Waals surface area contributed by atoms with Crippen LogP contribution >= 0.6 is 11.6 Å². The minimum atomic E-state index is 0.458. The highest BCUT2D eigenvalue weighted by molar-refractivity contribution is 6.29. The van der Waals surface area contributed by atoms with Gasteiger partial charge in [-0.25, -0.2) is 9.97 Å². The molecule has 0 aliphatic rings. The average molecular weight is 305 g/mol. The van der Waals surface area contributed by atoms with Gasteiger partial charge >= 0.3 is 0 Å². The lowest BCUT2D eigenvalue weighted by atomic mass is 10.2. The number of benzene rings is 1. The van der Waals surface area contributed by atoms with Gasteiger partial charge in [0.15, 0.2) is 5.82 Å². The molecule has 0 radical (unpaired) electrons. The molecule has 112 valence electrons. The van der Waals surface area contributed by atoms with Crippen molar-refractivity contribution in [1.29, 1.82) is 0 Å². The molecule has 0 fully saturated rings. The van der Waals surface area contributed by atoms with Gasteiger partial charge in [-0.15, -0.1) is 0 Å². The molecule has 0 atom stereocenters. The Morgan fingerprint density at radius 1 is 1.10 bits per heavy atom. The summed E-state index contributed by atoms with van der Waals surface area (Å²) in [6.07, 6.45) is 2.25. The van der Waals surface area contributed by atoms with Gasteiger partial charge in [0.2, 0.25) is 0 Å². The summed E-state index contributed by atoms with van der Waals surface area (Å²) in [7, 11) is 4.17. The quantitative estimate of drug-likeness (QED) is 0.627. The lowest BCUT2D eigenvalue weighted by molar-refractivity contribution is 0.396. The molecule has 1 aromatic heterocycles. The average Bonchev–Trinajstić information content (AvgIpc) is 2.47. The van der Waals surface area contributed by atoms with Crippen LogP contribution in [0, 0.1) is 0 Å². The van der Waals surface area contributed by atoms with Gasteiger partial charge in [0.05, 0.1) is 0 Å². The summed E-state index contributed by atoms with van der Waals surface area (Å²) in [4.78, 5) is 11.0. The molecule has 1 N–H and O–H groups in total. The van der Waals surface area contributed by atoms with Gasteiger partial charge in [-0.05, 0) is 33.5 Å². The number of nitrogens with one attached hydrogen (secondary N) is 1. The summed E-state index contributed by atoms with van der Waals surface area (Å²) in [6, 6.07) is 11.6. The highest BCUT2D eigenvalue weighted by Crippen LogP contribution is 2.19. The van der Waals surface area contributed by atoms with E-state index in [-0.39, 0.29) is 0 Å². The smallest absolute Gasteiger partial charge is 0.163 e. The fraction of sp³-hybridized carbons (Fsp3) is 0.375. The van der Waals surface area contributed by atoms with Gasteiger partial charge in [0.25, 0.3) is 0 Å². The van der Waals surface area contributed by atoms with Crippen molar-refractivity contribution in [2.75, 3.05) is 32.5 Å². The molecule has 1 heterocycles. The number of halogens is 1. The Labute approximate surface area is 131 Å². The molecule has 5 heteroatoms. The van der Waals surface area contributed by atoms with Crippen molar-refractivity contribution >= 4 is 17.4 Å². The maximum Gasteiger partial charge on any atom is 0.163 e. The van der Waals surface area contributed by atoms with E-state index in [1.807, 2.05) is 30.3 Å². The van der Waals surface area contributed by atoms with Crippen LogP contribution in [0.3, 0.4) is 0 Å². The predicted molar refractivity (Wildman–Crippen MR) is 88.8 cm³/mol. The number of nitrogens with zero attached hydrogens (tertiary/aromatic N) is 3. The number of hydrogen-bond acceptors (Lipinski definition) is 4. The first-order valence-electron chi connectivity index (χ1n) is 7.14. The molecule has 0 amide bonds. The topological polar surface area (TPSA) is 41.0 Å². The van der Waals surface area contributed by atoms with Crippen molar-refractivity contribution in [3.8, 4) is 11.4 Å². The summed E-state index contributed by atoms with van der Waals surface area (Å²) in [5.41, 5.74) is 0.968. The molecular weight excluding hydrogens is 284 g/mol. The number of unbranched alkanes of at least 4 members (excludes halogenated alkanes) is 1. The monoisotopic (exact) mass is 304 g/mol. The fourth-order valence-corrected chi connectivity index (χ4v) is 2.18. The van der Waals surface area contributed by atoms with Gasteiger partial charge < -0.3 is 10.2 Å². The van der Waals surface area contributed by atoms with Crippen LogP contribution in [0.25, 0.3) is 11.4 Å². The lowest BCUT2D eigenvalue weighted by Gasteiger charge is -2.10. The van der Waals surface area contributed by atoms with E-state index in [0.29, 0.717) is 11.0 Å². The molecule has 0 saturated carbocycles. The van der Waals surface area contributed by atoms with E-state index in [1.165, 1.54) is 0 Å². The highest BCUT2D eigenvalue weighted by Gasteiger charge is 2.05. The number of aromatic nitrogens is 2. The van der Waals surface area contributed by atoms with E-state index in [4.69, 9.17) is 11.6 Å². The van der Waals surface area contributed by atoms with Crippen molar-refractivity contribution < 1.29 is 0 Å². The van der Waals surface area contributed by atoms with Crippen LogP contribution in [0.1, 0.15) is 12.8 Å². The Morgan fingerprint density at radius 2 is 1.86 bits per heavy atom. The predicted octanol–water partition coefficient (Wildman–Crippen LogP) is 3.55. The minimum Gasteiger partial charge on any atom is -0.370 e. The Bertz CT molecular complexity index is 557. The molecule has 2 rings (SSSR count). The SMILES string of the molecule is CN(C)CCCCNc1cc(Cl)nc(-c2ccccc2)n1. The second kappa shape index (κ2) is 7.96. The number of rotatable bonds is 7. The van der Waals surface area contributed by atoms with E-state index in [1.54, 1.807) is 6.07 Å². The summed E-state index contributed by atoms with van der Waals surface area (Å²) >= 11 is 6.08. The number of anilines is 1. The third kappa shape index (κ3) is 5.33. The molecule has 4 nitrogen and oxygen atoms in total. The van der Waals surface area contributed by atoms with E-state index in [2.05, 4.69) is 34.3 Å². The molecule has 0 aliphatic carbocycles. The van der Waals surface area contributed by atoms with Crippen molar-refractivity contribution in [2.45, 2.75) is 12.8 Å². The Hall–Kier alpha value is -1.65. The van der Waals surface area contributed by atoms with E-state index in [9.17, 15) is 0 Å². The van der Waals surface area contributed by atoms with Crippen LogP contribution in [0.4, 0.5) is 5.82 Å². The third-order valence-electron chi connectivity index (χ3n) is 3.07. The zero-order chi connectivity index (χ0) is 15.1. The van der Waals surface area contributed by atoms with E-state index < -0.39 is 0 Å². The van der Waals surface area contributed by atoms with Crippen LogP contribution in [-0.2, 0) is 0 Å². The normalized spacial score (nSPS) is 10.9. The Balaban J connectivity index is 1.96. The maximum absolute atomic E-state index is 6.08. The largest absolute Gasteiger partial charge is 0.370 e. The van der Waals surface area contributed by atoms with Gasteiger partial charge in [-0.3, -0.25) is 0 Å². The molecule has 1 aromatic carbocycles. The van der Waals surface area contributed by atoms with Crippen LogP contribution in [0.5, 0.6) is 0 Å². The third-order valence-corrected chi connectivity index (χ3v) is 3.26. The lowest BCUT2D eigenvalue weighted by Crippen LogP contribution is -2.14.